The fourth-order valence-corrected chi connectivity index (χ4v) is 3.28. The van der Waals surface area contributed by atoms with Crippen LogP contribution >= 0.6 is 11.8 Å². The van der Waals surface area contributed by atoms with Gasteiger partial charge in [0, 0.05) is 42.9 Å². The van der Waals surface area contributed by atoms with Gasteiger partial charge < -0.3 is 9.84 Å². The number of ether oxygens (including phenoxy) is 1. The number of methoxy groups -OCH3 is 1. The van der Waals surface area contributed by atoms with E-state index < -0.39 is 5.97 Å². The molecule has 1 aliphatic heterocycles. The van der Waals surface area contributed by atoms with Crippen LogP contribution in [0.4, 0.5) is 0 Å². The quantitative estimate of drug-likeness (QED) is 0.882. The number of carboxylic acid groups (broad SMARTS) is 1. The Hall–Kier alpha value is -1.27. The summed E-state index contributed by atoms with van der Waals surface area (Å²) in [5.74, 6) is 1.81. The molecule has 0 saturated carbocycles. The summed E-state index contributed by atoms with van der Waals surface area (Å²) in [5.41, 5.74) is 1.09. The molecule has 5 nitrogen and oxygen atoms in total. The molecule has 0 aliphatic carbocycles. The van der Waals surface area contributed by atoms with Crippen LogP contribution in [0.2, 0.25) is 0 Å². The summed E-state index contributed by atoms with van der Waals surface area (Å²) in [6.07, 6.45) is 2.00. The summed E-state index contributed by atoms with van der Waals surface area (Å²) in [4.78, 5) is 17.3. The predicted molar refractivity (Wildman–Crippen MR) is 74.6 cm³/mol. The van der Waals surface area contributed by atoms with Crippen molar-refractivity contribution in [2.75, 3.05) is 25.2 Å². The topological polar surface area (TPSA) is 62.7 Å². The lowest BCUT2D eigenvalue weighted by Gasteiger charge is -2.34. The highest BCUT2D eigenvalue weighted by Gasteiger charge is 2.24. The van der Waals surface area contributed by atoms with Gasteiger partial charge in [0.05, 0.1) is 13.5 Å². The van der Waals surface area contributed by atoms with Crippen LogP contribution in [0.25, 0.3) is 0 Å². The van der Waals surface area contributed by atoms with E-state index in [2.05, 4.69) is 9.88 Å². The molecule has 0 radical (unpaired) electrons. The highest BCUT2D eigenvalue weighted by atomic mass is 32.2. The number of hydrogen-bond acceptors (Lipinski definition) is 5. The largest absolute Gasteiger partial charge is 0.481 e. The van der Waals surface area contributed by atoms with Gasteiger partial charge in [0.2, 0.25) is 5.88 Å². The number of nitrogens with zero attached hydrogens (tertiary/aromatic N) is 2. The zero-order valence-corrected chi connectivity index (χ0v) is 11.7. The summed E-state index contributed by atoms with van der Waals surface area (Å²) in [6.45, 7) is 1.67. The van der Waals surface area contributed by atoms with Crippen LogP contribution in [0.1, 0.15) is 12.0 Å². The molecule has 19 heavy (non-hydrogen) atoms. The fourth-order valence-electron chi connectivity index (χ4n) is 2.15. The summed E-state index contributed by atoms with van der Waals surface area (Å²) < 4.78 is 5.03. The van der Waals surface area contributed by atoms with Crippen molar-refractivity contribution in [3.8, 4) is 5.88 Å². The highest BCUT2D eigenvalue weighted by molar-refractivity contribution is 7.99. The first kappa shape index (κ1) is 14.1. The molecule has 104 valence electrons. The molecule has 6 heteroatoms. The summed E-state index contributed by atoms with van der Waals surface area (Å²) in [6, 6.07) is 3.92. The number of thioether (sulfide) groups is 1. The predicted octanol–water partition coefficient (Wildman–Crippen LogP) is 1.48. The Kier molecular flexibility index (Phi) is 5.04. The van der Waals surface area contributed by atoms with Crippen molar-refractivity contribution < 1.29 is 14.6 Å². The zero-order valence-electron chi connectivity index (χ0n) is 10.9. The Morgan fingerprint density at radius 3 is 3.11 bits per heavy atom. The Bertz CT molecular complexity index is 424. The summed E-state index contributed by atoms with van der Waals surface area (Å²) >= 11 is 1.82. The van der Waals surface area contributed by atoms with Gasteiger partial charge in [-0.15, -0.1) is 0 Å². The molecule has 0 aromatic carbocycles. The Morgan fingerprint density at radius 2 is 2.47 bits per heavy atom. The van der Waals surface area contributed by atoms with Crippen molar-refractivity contribution in [2.45, 2.75) is 19.0 Å². The molecule has 2 heterocycles. The number of carboxylic acids is 1. The van der Waals surface area contributed by atoms with Crippen LogP contribution in [0, 0.1) is 0 Å². The van der Waals surface area contributed by atoms with Gasteiger partial charge in [-0.05, 0) is 5.56 Å². The number of hydrogen-bond donors (Lipinski definition) is 1. The van der Waals surface area contributed by atoms with E-state index in [9.17, 15) is 4.79 Å². The van der Waals surface area contributed by atoms with Gasteiger partial charge in [-0.3, -0.25) is 9.69 Å². The average Bonchev–Trinajstić information content (AvgIpc) is 2.41. The van der Waals surface area contributed by atoms with E-state index in [4.69, 9.17) is 9.84 Å². The normalized spacial score (nSPS) is 20.2. The molecule has 0 bridgehead atoms. The second kappa shape index (κ2) is 6.77. The van der Waals surface area contributed by atoms with E-state index in [1.165, 1.54) is 0 Å². The van der Waals surface area contributed by atoms with E-state index in [0.29, 0.717) is 5.88 Å². The van der Waals surface area contributed by atoms with Crippen molar-refractivity contribution in [3.05, 3.63) is 23.9 Å². The lowest BCUT2D eigenvalue weighted by atomic mass is 10.1. The SMILES string of the molecule is COc1ccc(CN2CCSCC2CC(=O)O)cn1. The fraction of sp³-hybridized carbons (Fsp3) is 0.538. The molecule has 1 unspecified atom stereocenters. The molecular weight excluding hydrogens is 264 g/mol. The van der Waals surface area contributed by atoms with Crippen LogP contribution < -0.4 is 4.74 Å². The standard InChI is InChI=1S/C13H18N2O3S/c1-18-12-3-2-10(7-14-12)8-15-4-5-19-9-11(15)6-13(16)17/h2-3,7,11H,4-6,8-9H2,1H3,(H,16,17). The van der Waals surface area contributed by atoms with E-state index in [1.807, 2.05) is 23.9 Å². The molecule has 1 saturated heterocycles. The minimum absolute atomic E-state index is 0.110. The van der Waals surface area contributed by atoms with Gasteiger partial charge in [-0.2, -0.15) is 11.8 Å². The smallest absolute Gasteiger partial charge is 0.304 e. The van der Waals surface area contributed by atoms with Crippen LogP contribution in [0.5, 0.6) is 5.88 Å². The third kappa shape index (κ3) is 4.11. The maximum Gasteiger partial charge on any atom is 0.304 e. The second-order valence-electron chi connectivity index (χ2n) is 4.51. The zero-order chi connectivity index (χ0) is 13.7. The van der Waals surface area contributed by atoms with Crippen molar-refractivity contribution >= 4 is 17.7 Å². The lowest BCUT2D eigenvalue weighted by molar-refractivity contribution is -0.138. The van der Waals surface area contributed by atoms with Gasteiger partial charge in [0.1, 0.15) is 0 Å². The minimum atomic E-state index is -0.731. The Labute approximate surface area is 117 Å². The summed E-state index contributed by atoms with van der Waals surface area (Å²) in [5, 5.41) is 8.95. The van der Waals surface area contributed by atoms with Crippen LogP contribution in [0.15, 0.2) is 18.3 Å². The van der Waals surface area contributed by atoms with Crippen molar-refractivity contribution in [3.63, 3.8) is 0 Å². The molecule has 2 rings (SSSR count). The number of aliphatic carboxylic acids is 1. The number of pyridine rings is 1. The monoisotopic (exact) mass is 282 g/mol. The molecule has 1 N–H and O–H groups in total. The third-order valence-corrected chi connectivity index (χ3v) is 4.24. The molecule has 0 amide bonds. The molecular formula is C13H18N2O3S. The van der Waals surface area contributed by atoms with Gasteiger partial charge in [-0.25, -0.2) is 4.98 Å². The first-order valence-electron chi connectivity index (χ1n) is 6.21. The lowest BCUT2D eigenvalue weighted by Crippen LogP contribution is -2.42. The van der Waals surface area contributed by atoms with E-state index >= 15 is 0 Å². The molecule has 1 atom stereocenters. The number of rotatable bonds is 5. The van der Waals surface area contributed by atoms with E-state index in [-0.39, 0.29) is 12.5 Å². The highest BCUT2D eigenvalue weighted by Crippen LogP contribution is 2.21. The molecule has 1 fully saturated rings. The molecule has 1 aromatic heterocycles. The van der Waals surface area contributed by atoms with Gasteiger partial charge in [-0.1, -0.05) is 6.07 Å². The Morgan fingerprint density at radius 1 is 1.63 bits per heavy atom. The van der Waals surface area contributed by atoms with Gasteiger partial charge >= 0.3 is 5.97 Å². The summed E-state index contributed by atoms with van der Waals surface area (Å²) in [7, 11) is 1.59. The van der Waals surface area contributed by atoms with Crippen molar-refractivity contribution in [1.82, 2.24) is 9.88 Å². The average molecular weight is 282 g/mol. The first-order chi connectivity index (χ1) is 9.19. The molecule has 1 aliphatic rings. The van der Waals surface area contributed by atoms with Gasteiger partial charge in [0.25, 0.3) is 0 Å². The second-order valence-corrected chi connectivity index (χ2v) is 5.66. The van der Waals surface area contributed by atoms with E-state index in [1.54, 1.807) is 13.3 Å². The van der Waals surface area contributed by atoms with E-state index in [0.717, 1.165) is 30.2 Å². The molecule has 0 spiro atoms. The van der Waals surface area contributed by atoms with Gasteiger partial charge in [0.15, 0.2) is 0 Å². The van der Waals surface area contributed by atoms with Crippen LogP contribution in [-0.4, -0.2) is 52.2 Å². The molecule has 1 aromatic rings. The van der Waals surface area contributed by atoms with Crippen LogP contribution in [0.3, 0.4) is 0 Å². The third-order valence-electron chi connectivity index (χ3n) is 3.15. The first-order valence-corrected chi connectivity index (χ1v) is 7.37. The van der Waals surface area contributed by atoms with Crippen LogP contribution in [-0.2, 0) is 11.3 Å². The van der Waals surface area contributed by atoms with Crippen molar-refractivity contribution in [1.29, 1.82) is 0 Å². The minimum Gasteiger partial charge on any atom is -0.481 e. The maximum atomic E-state index is 10.9. The Balaban J connectivity index is 1.99. The number of aromatic nitrogens is 1. The number of carbonyl (C=O) groups is 1. The maximum absolute atomic E-state index is 10.9. The van der Waals surface area contributed by atoms with Crippen molar-refractivity contribution in [2.24, 2.45) is 0 Å².